The zero-order valence-electron chi connectivity index (χ0n) is 12.2. The third-order valence-corrected chi connectivity index (χ3v) is 4.85. The first-order valence-corrected chi connectivity index (χ1v) is 7.41. The van der Waals surface area contributed by atoms with Crippen molar-refractivity contribution >= 4 is 11.8 Å². The maximum atomic E-state index is 12.0. The fourth-order valence-electron chi connectivity index (χ4n) is 3.69. The molecule has 112 valence electrons. The highest BCUT2D eigenvalue weighted by molar-refractivity contribution is 5.93. The standard InChI is InChI=1S/C16H20N2O3/c1-2-18-10-16(9-14(18)19)6-5-11-3-4-12(15(20)17-21)7-13(11)8-16/h3-4,7,21H,2,5-6,8-10H2,1H3,(H,17,20). The fourth-order valence-corrected chi connectivity index (χ4v) is 3.69. The number of nitrogens with zero attached hydrogens (tertiary/aromatic N) is 1. The predicted octanol–water partition coefficient (Wildman–Crippen LogP) is 1.53. The number of benzene rings is 1. The van der Waals surface area contributed by atoms with Gasteiger partial charge < -0.3 is 4.90 Å². The minimum Gasteiger partial charge on any atom is -0.342 e. The molecule has 2 N–H and O–H groups in total. The number of nitrogens with one attached hydrogen (secondary N) is 1. The van der Waals surface area contributed by atoms with Gasteiger partial charge in [-0.2, -0.15) is 0 Å². The summed E-state index contributed by atoms with van der Waals surface area (Å²) < 4.78 is 0. The molecule has 1 aliphatic heterocycles. The molecule has 0 radical (unpaired) electrons. The van der Waals surface area contributed by atoms with Gasteiger partial charge in [-0.1, -0.05) is 6.07 Å². The van der Waals surface area contributed by atoms with E-state index >= 15 is 0 Å². The van der Waals surface area contributed by atoms with E-state index in [1.807, 2.05) is 24.0 Å². The van der Waals surface area contributed by atoms with Crippen molar-refractivity contribution in [2.45, 2.75) is 32.6 Å². The average Bonchev–Trinajstić information content (AvgIpc) is 2.81. The minimum atomic E-state index is -0.491. The molecule has 3 rings (SSSR count). The van der Waals surface area contributed by atoms with Gasteiger partial charge in [-0.3, -0.25) is 14.8 Å². The Hall–Kier alpha value is -1.88. The Morgan fingerprint density at radius 1 is 1.38 bits per heavy atom. The van der Waals surface area contributed by atoms with Crippen LogP contribution in [0.4, 0.5) is 0 Å². The highest BCUT2D eigenvalue weighted by Gasteiger charge is 2.44. The fraction of sp³-hybridized carbons (Fsp3) is 0.500. The smallest absolute Gasteiger partial charge is 0.274 e. The normalized spacial score (nSPS) is 24.3. The number of amides is 2. The van der Waals surface area contributed by atoms with Gasteiger partial charge in [-0.05, 0) is 49.4 Å². The summed E-state index contributed by atoms with van der Waals surface area (Å²) in [5.41, 5.74) is 4.54. The van der Waals surface area contributed by atoms with Crippen molar-refractivity contribution in [3.8, 4) is 0 Å². The van der Waals surface area contributed by atoms with Crippen molar-refractivity contribution in [1.82, 2.24) is 10.4 Å². The van der Waals surface area contributed by atoms with Crippen molar-refractivity contribution in [2.75, 3.05) is 13.1 Å². The zero-order valence-corrected chi connectivity index (χ0v) is 12.2. The molecule has 0 bridgehead atoms. The van der Waals surface area contributed by atoms with Crippen LogP contribution in [0.1, 0.15) is 41.3 Å². The monoisotopic (exact) mass is 288 g/mol. The highest BCUT2D eigenvalue weighted by Crippen LogP contribution is 2.43. The lowest BCUT2D eigenvalue weighted by Crippen LogP contribution is -2.33. The molecule has 1 unspecified atom stereocenters. The van der Waals surface area contributed by atoms with Gasteiger partial charge in [0.25, 0.3) is 5.91 Å². The van der Waals surface area contributed by atoms with E-state index < -0.39 is 5.91 Å². The highest BCUT2D eigenvalue weighted by atomic mass is 16.5. The number of hydrogen-bond donors (Lipinski definition) is 2. The van der Waals surface area contributed by atoms with Crippen LogP contribution in [-0.4, -0.2) is 35.0 Å². The number of rotatable bonds is 2. The van der Waals surface area contributed by atoms with Gasteiger partial charge in [0.15, 0.2) is 0 Å². The van der Waals surface area contributed by atoms with Crippen LogP contribution >= 0.6 is 0 Å². The lowest BCUT2D eigenvalue weighted by atomic mass is 9.70. The van der Waals surface area contributed by atoms with Crippen LogP contribution in [0.3, 0.4) is 0 Å². The van der Waals surface area contributed by atoms with Gasteiger partial charge >= 0.3 is 0 Å². The van der Waals surface area contributed by atoms with Crippen LogP contribution < -0.4 is 5.48 Å². The lowest BCUT2D eigenvalue weighted by Gasteiger charge is -2.34. The molecule has 5 nitrogen and oxygen atoms in total. The molecule has 0 saturated carbocycles. The predicted molar refractivity (Wildman–Crippen MR) is 77.0 cm³/mol. The Morgan fingerprint density at radius 2 is 2.19 bits per heavy atom. The van der Waals surface area contributed by atoms with Crippen LogP contribution in [0.15, 0.2) is 18.2 Å². The topological polar surface area (TPSA) is 69.6 Å². The maximum absolute atomic E-state index is 12.0. The molecule has 5 heteroatoms. The summed E-state index contributed by atoms with van der Waals surface area (Å²) in [6.07, 6.45) is 3.41. The van der Waals surface area contributed by atoms with E-state index in [4.69, 9.17) is 5.21 Å². The summed E-state index contributed by atoms with van der Waals surface area (Å²) in [5, 5.41) is 8.75. The zero-order chi connectivity index (χ0) is 15.0. The van der Waals surface area contributed by atoms with Crippen LogP contribution in [0.5, 0.6) is 0 Å². The maximum Gasteiger partial charge on any atom is 0.274 e. The number of hydrogen-bond acceptors (Lipinski definition) is 3. The number of hydroxylamine groups is 1. The Bertz CT molecular complexity index is 599. The summed E-state index contributed by atoms with van der Waals surface area (Å²) in [6.45, 7) is 3.59. The summed E-state index contributed by atoms with van der Waals surface area (Å²) in [7, 11) is 0. The molecular weight excluding hydrogens is 268 g/mol. The van der Waals surface area contributed by atoms with Crippen molar-refractivity contribution < 1.29 is 14.8 Å². The number of carbonyl (C=O) groups is 2. The SMILES string of the molecule is CCN1CC2(CCc3ccc(C(=O)NO)cc3C2)CC1=O. The molecule has 2 aliphatic rings. The van der Waals surface area contributed by atoms with Gasteiger partial charge in [-0.15, -0.1) is 0 Å². The second-order valence-corrected chi connectivity index (χ2v) is 6.19. The molecule has 1 fully saturated rings. The first-order chi connectivity index (χ1) is 10.1. The second-order valence-electron chi connectivity index (χ2n) is 6.19. The number of fused-ring (bicyclic) bond motifs is 1. The Morgan fingerprint density at radius 3 is 2.86 bits per heavy atom. The molecule has 1 aliphatic carbocycles. The van der Waals surface area contributed by atoms with Crippen LogP contribution in [-0.2, 0) is 17.6 Å². The number of aryl methyl sites for hydroxylation is 1. The molecule has 1 saturated heterocycles. The Kier molecular flexibility index (Phi) is 3.45. The molecule has 2 amide bonds. The van der Waals surface area contributed by atoms with Gasteiger partial charge in [-0.25, -0.2) is 5.48 Å². The molecule has 1 aromatic carbocycles. The van der Waals surface area contributed by atoms with Gasteiger partial charge in [0.2, 0.25) is 5.91 Å². The number of carbonyl (C=O) groups excluding carboxylic acids is 2. The van der Waals surface area contributed by atoms with Crippen molar-refractivity contribution in [3.05, 3.63) is 34.9 Å². The van der Waals surface area contributed by atoms with Crippen LogP contribution in [0, 0.1) is 5.41 Å². The summed E-state index contributed by atoms with van der Waals surface area (Å²) in [6, 6.07) is 5.54. The second kappa shape index (κ2) is 5.15. The average molecular weight is 288 g/mol. The first-order valence-electron chi connectivity index (χ1n) is 7.41. The quantitative estimate of drug-likeness (QED) is 0.640. The minimum absolute atomic E-state index is 0.0222. The van der Waals surface area contributed by atoms with Gasteiger partial charge in [0, 0.05) is 30.5 Å². The Labute approximate surface area is 123 Å². The Balaban J connectivity index is 1.88. The molecule has 0 aromatic heterocycles. The van der Waals surface area contributed by atoms with E-state index in [0.717, 1.165) is 37.9 Å². The van der Waals surface area contributed by atoms with E-state index in [0.29, 0.717) is 12.0 Å². The third-order valence-electron chi connectivity index (χ3n) is 4.85. The van der Waals surface area contributed by atoms with Crippen molar-refractivity contribution in [3.63, 3.8) is 0 Å². The van der Waals surface area contributed by atoms with Gasteiger partial charge in [0.1, 0.15) is 0 Å². The summed E-state index contributed by atoms with van der Waals surface area (Å²) >= 11 is 0. The molecular formula is C16H20N2O3. The molecule has 1 heterocycles. The third kappa shape index (κ3) is 2.42. The van der Waals surface area contributed by atoms with Crippen molar-refractivity contribution in [2.24, 2.45) is 5.41 Å². The van der Waals surface area contributed by atoms with Crippen LogP contribution in [0.25, 0.3) is 0 Å². The van der Waals surface area contributed by atoms with Gasteiger partial charge in [0.05, 0.1) is 0 Å². The molecule has 1 aromatic rings. The van der Waals surface area contributed by atoms with E-state index in [2.05, 4.69) is 0 Å². The molecule has 21 heavy (non-hydrogen) atoms. The summed E-state index contributed by atoms with van der Waals surface area (Å²) in [4.78, 5) is 25.5. The van der Waals surface area contributed by atoms with E-state index in [1.54, 1.807) is 11.5 Å². The lowest BCUT2D eigenvalue weighted by molar-refractivity contribution is -0.127. The summed E-state index contributed by atoms with van der Waals surface area (Å²) in [5.74, 6) is -0.250. The van der Waals surface area contributed by atoms with E-state index in [1.165, 1.54) is 5.56 Å². The van der Waals surface area contributed by atoms with E-state index in [9.17, 15) is 9.59 Å². The first kappa shape index (κ1) is 14.1. The molecule has 1 atom stereocenters. The van der Waals surface area contributed by atoms with E-state index in [-0.39, 0.29) is 11.3 Å². The molecule has 1 spiro atoms. The van der Waals surface area contributed by atoms with Crippen LogP contribution in [0.2, 0.25) is 0 Å². The largest absolute Gasteiger partial charge is 0.342 e. The number of likely N-dealkylation sites (tertiary alicyclic amines) is 1. The van der Waals surface area contributed by atoms with Crippen molar-refractivity contribution in [1.29, 1.82) is 0 Å².